The predicted octanol–water partition coefficient (Wildman–Crippen LogP) is 1.43. The third-order valence-electron chi connectivity index (χ3n) is 3.09. The Hall–Kier alpha value is -1.63. The summed E-state index contributed by atoms with van der Waals surface area (Å²) >= 11 is 0. The molecule has 0 bridgehead atoms. The van der Waals surface area contributed by atoms with E-state index in [0.717, 1.165) is 5.69 Å². The Morgan fingerprint density at radius 2 is 1.90 bits per heavy atom. The number of hydrogen-bond acceptors (Lipinski definition) is 3. The maximum atomic E-state index is 12.0. The third kappa shape index (κ3) is 3.47. The minimum Gasteiger partial charge on any atom is -0.387 e. The summed E-state index contributed by atoms with van der Waals surface area (Å²) < 4.78 is 28.2. The van der Waals surface area contributed by atoms with Crippen LogP contribution in [-0.4, -0.2) is 24.6 Å². The number of nitrogens with one attached hydrogen (secondary N) is 1. The van der Waals surface area contributed by atoms with Gasteiger partial charge in [0.15, 0.2) is 0 Å². The molecule has 0 saturated heterocycles. The largest absolute Gasteiger partial charge is 0.387 e. The molecule has 1 heterocycles. The molecule has 0 unspecified atom stereocenters. The van der Waals surface area contributed by atoms with Crippen LogP contribution < -0.4 is 4.72 Å². The third-order valence-corrected chi connectivity index (χ3v) is 4.57. The first-order valence-electron chi connectivity index (χ1n) is 6.35. The molecule has 2 rings (SSSR count). The van der Waals surface area contributed by atoms with Crippen molar-refractivity contribution in [3.05, 3.63) is 54.4 Å². The van der Waals surface area contributed by atoms with E-state index < -0.39 is 16.1 Å². The molecule has 20 heavy (non-hydrogen) atoms. The van der Waals surface area contributed by atoms with E-state index in [9.17, 15) is 13.5 Å². The summed E-state index contributed by atoms with van der Waals surface area (Å²) in [6.45, 7) is 0.184. The lowest BCUT2D eigenvalue weighted by atomic mass is 10.2. The Bertz CT molecular complexity index is 650. The van der Waals surface area contributed by atoms with E-state index in [1.807, 2.05) is 29.9 Å². The lowest BCUT2D eigenvalue weighted by Crippen LogP contribution is -2.26. The summed E-state index contributed by atoms with van der Waals surface area (Å²) in [5.41, 5.74) is 0.768. The fourth-order valence-corrected chi connectivity index (χ4v) is 3.05. The molecule has 6 heteroatoms. The van der Waals surface area contributed by atoms with Crippen molar-refractivity contribution in [2.75, 3.05) is 6.54 Å². The highest BCUT2D eigenvalue weighted by Gasteiger charge is 2.15. The van der Waals surface area contributed by atoms with E-state index in [4.69, 9.17) is 0 Å². The fraction of sp³-hybridized carbons (Fsp3) is 0.286. The smallest absolute Gasteiger partial charge is 0.240 e. The van der Waals surface area contributed by atoms with Crippen LogP contribution >= 0.6 is 0 Å². The van der Waals surface area contributed by atoms with Crippen molar-refractivity contribution in [1.82, 2.24) is 9.29 Å². The molecule has 1 atom stereocenters. The van der Waals surface area contributed by atoms with Gasteiger partial charge in [-0.25, -0.2) is 13.1 Å². The van der Waals surface area contributed by atoms with Gasteiger partial charge >= 0.3 is 0 Å². The van der Waals surface area contributed by atoms with E-state index in [1.54, 1.807) is 18.2 Å². The van der Waals surface area contributed by atoms with Gasteiger partial charge in [-0.1, -0.05) is 18.2 Å². The normalized spacial score (nSPS) is 13.3. The maximum Gasteiger partial charge on any atom is 0.240 e. The Kier molecular flexibility index (Phi) is 4.59. The van der Waals surface area contributed by atoms with Gasteiger partial charge < -0.3 is 9.67 Å². The number of benzene rings is 1. The minimum absolute atomic E-state index is 0.184. The summed E-state index contributed by atoms with van der Waals surface area (Å²) in [6.07, 6.45) is 1.48. The van der Waals surface area contributed by atoms with Crippen molar-refractivity contribution in [2.45, 2.75) is 17.4 Å². The van der Waals surface area contributed by atoms with Gasteiger partial charge in [0.25, 0.3) is 0 Å². The Balaban J connectivity index is 1.92. The van der Waals surface area contributed by atoms with Crippen molar-refractivity contribution in [3.8, 4) is 0 Å². The number of aliphatic hydroxyl groups excluding tert-OH is 1. The zero-order valence-corrected chi connectivity index (χ0v) is 12.0. The van der Waals surface area contributed by atoms with Crippen molar-refractivity contribution in [1.29, 1.82) is 0 Å². The molecule has 2 aromatic rings. The highest BCUT2D eigenvalue weighted by Crippen LogP contribution is 2.16. The second-order valence-electron chi connectivity index (χ2n) is 4.56. The molecule has 1 aromatic carbocycles. The number of rotatable bonds is 6. The highest BCUT2D eigenvalue weighted by molar-refractivity contribution is 7.89. The highest BCUT2D eigenvalue weighted by atomic mass is 32.2. The average molecular weight is 294 g/mol. The molecule has 108 valence electrons. The summed E-state index contributed by atoms with van der Waals surface area (Å²) in [5, 5.41) is 10.0. The summed E-state index contributed by atoms with van der Waals surface area (Å²) in [5.74, 6) is 0. The number of nitrogens with zero attached hydrogens (tertiary/aromatic N) is 1. The zero-order valence-electron chi connectivity index (χ0n) is 11.2. The van der Waals surface area contributed by atoms with Gasteiger partial charge in [0.1, 0.15) is 0 Å². The molecular weight excluding hydrogens is 276 g/mol. The zero-order chi connectivity index (χ0) is 14.6. The van der Waals surface area contributed by atoms with Crippen LogP contribution in [-0.2, 0) is 17.1 Å². The van der Waals surface area contributed by atoms with E-state index >= 15 is 0 Å². The average Bonchev–Trinajstić information content (AvgIpc) is 2.86. The molecule has 0 fully saturated rings. The number of aromatic nitrogens is 1. The van der Waals surface area contributed by atoms with Crippen molar-refractivity contribution in [3.63, 3.8) is 0 Å². The molecule has 0 radical (unpaired) electrons. The van der Waals surface area contributed by atoms with E-state index in [1.165, 1.54) is 12.1 Å². The molecule has 0 saturated carbocycles. The summed E-state index contributed by atoms with van der Waals surface area (Å²) in [6, 6.07) is 11.8. The van der Waals surface area contributed by atoms with E-state index in [2.05, 4.69) is 4.72 Å². The Morgan fingerprint density at radius 1 is 1.20 bits per heavy atom. The fourth-order valence-electron chi connectivity index (χ4n) is 1.98. The van der Waals surface area contributed by atoms with Gasteiger partial charge in [0, 0.05) is 25.5 Å². The predicted molar refractivity (Wildman–Crippen MR) is 76.6 cm³/mol. The Labute approximate surface area is 118 Å². The minimum atomic E-state index is -3.50. The van der Waals surface area contributed by atoms with Crippen LogP contribution in [0.3, 0.4) is 0 Å². The quantitative estimate of drug-likeness (QED) is 0.846. The van der Waals surface area contributed by atoms with Gasteiger partial charge in [0.05, 0.1) is 11.0 Å². The number of sulfonamides is 1. The molecule has 0 spiro atoms. The van der Waals surface area contributed by atoms with Crippen molar-refractivity contribution >= 4 is 10.0 Å². The summed E-state index contributed by atoms with van der Waals surface area (Å²) in [7, 11) is -1.66. The molecule has 5 nitrogen and oxygen atoms in total. The van der Waals surface area contributed by atoms with Crippen LogP contribution in [0.2, 0.25) is 0 Å². The maximum absolute atomic E-state index is 12.0. The van der Waals surface area contributed by atoms with Crippen LogP contribution in [0.5, 0.6) is 0 Å². The standard InChI is InChI=1S/C14H18N2O3S/c1-16-11-5-8-13(16)14(17)9-10-15-20(18,19)12-6-3-2-4-7-12/h2-8,11,14-15,17H,9-10H2,1H3/t14-/m0/s1. The molecule has 0 aliphatic rings. The van der Waals surface area contributed by atoms with Crippen LogP contribution in [0.15, 0.2) is 53.6 Å². The van der Waals surface area contributed by atoms with Gasteiger partial charge in [0.2, 0.25) is 10.0 Å². The summed E-state index contributed by atoms with van der Waals surface area (Å²) in [4.78, 5) is 0.230. The van der Waals surface area contributed by atoms with E-state index in [-0.39, 0.29) is 11.4 Å². The molecule has 0 amide bonds. The molecular formula is C14H18N2O3S. The molecule has 0 aliphatic heterocycles. The van der Waals surface area contributed by atoms with Gasteiger partial charge in [-0.3, -0.25) is 0 Å². The second-order valence-corrected chi connectivity index (χ2v) is 6.33. The van der Waals surface area contributed by atoms with Crippen LogP contribution in [0.1, 0.15) is 18.2 Å². The van der Waals surface area contributed by atoms with Crippen LogP contribution in [0.25, 0.3) is 0 Å². The first-order chi connectivity index (χ1) is 9.50. The van der Waals surface area contributed by atoms with Crippen molar-refractivity contribution < 1.29 is 13.5 Å². The SMILES string of the molecule is Cn1cccc1[C@@H](O)CCNS(=O)(=O)c1ccccc1. The molecule has 1 aromatic heterocycles. The van der Waals surface area contributed by atoms with Gasteiger partial charge in [-0.15, -0.1) is 0 Å². The Morgan fingerprint density at radius 3 is 2.50 bits per heavy atom. The number of aryl methyl sites for hydroxylation is 1. The van der Waals surface area contributed by atoms with Gasteiger partial charge in [-0.05, 0) is 30.7 Å². The number of aliphatic hydroxyl groups is 1. The monoisotopic (exact) mass is 294 g/mol. The lowest BCUT2D eigenvalue weighted by Gasteiger charge is -2.12. The molecule has 2 N–H and O–H groups in total. The van der Waals surface area contributed by atoms with E-state index in [0.29, 0.717) is 6.42 Å². The van der Waals surface area contributed by atoms with Crippen LogP contribution in [0.4, 0.5) is 0 Å². The van der Waals surface area contributed by atoms with Crippen LogP contribution in [0, 0.1) is 0 Å². The first kappa shape index (κ1) is 14.8. The van der Waals surface area contributed by atoms with Crippen molar-refractivity contribution in [2.24, 2.45) is 7.05 Å². The lowest BCUT2D eigenvalue weighted by molar-refractivity contribution is 0.161. The first-order valence-corrected chi connectivity index (χ1v) is 7.83. The second kappa shape index (κ2) is 6.21. The molecule has 0 aliphatic carbocycles. The number of hydrogen-bond donors (Lipinski definition) is 2. The van der Waals surface area contributed by atoms with Gasteiger partial charge in [-0.2, -0.15) is 0 Å². The topological polar surface area (TPSA) is 71.3 Å².